The summed E-state index contributed by atoms with van der Waals surface area (Å²) in [5.41, 5.74) is 4.95. The molecule has 1 aliphatic rings. The van der Waals surface area contributed by atoms with Crippen LogP contribution in [0.25, 0.3) is 11.0 Å². The summed E-state index contributed by atoms with van der Waals surface area (Å²) in [7, 11) is 0. The molecule has 1 N–H and O–H groups in total. The van der Waals surface area contributed by atoms with Gasteiger partial charge in [-0.25, -0.2) is 0 Å². The lowest BCUT2D eigenvalue weighted by molar-refractivity contribution is 0.0162. The quantitative estimate of drug-likeness (QED) is 0.635. The van der Waals surface area contributed by atoms with Gasteiger partial charge in [0.2, 0.25) is 0 Å². The summed E-state index contributed by atoms with van der Waals surface area (Å²) < 4.78 is 11.4. The molecule has 30 heavy (non-hydrogen) atoms. The third kappa shape index (κ3) is 4.10. The number of nitrogens with one attached hydrogen (secondary N) is 1. The van der Waals surface area contributed by atoms with Crippen LogP contribution in [0.15, 0.2) is 40.8 Å². The minimum Gasteiger partial charge on any atom is -0.451 e. The van der Waals surface area contributed by atoms with Crippen molar-refractivity contribution in [3.05, 3.63) is 69.4 Å². The first-order chi connectivity index (χ1) is 14.5. The van der Waals surface area contributed by atoms with Crippen LogP contribution < -0.4 is 5.32 Å². The van der Waals surface area contributed by atoms with E-state index in [1.807, 2.05) is 44.2 Å². The number of hydrogen-bond donors (Lipinski definition) is 1. The van der Waals surface area contributed by atoms with Crippen LogP contribution in [0.4, 0.5) is 0 Å². The molecule has 1 aromatic heterocycles. The van der Waals surface area contributed by atoms with Gasteiger partial charge in [0, 0.05) is 35.6 Å². The summed E-state index contributed by atoms with van der Waals surface area (Å²) in [6, 6.07) is 11.9. The van der Waals surface area contributed by atoms with Gasteiger partial charge in [-0.2, -0.15) is 0 Å². The highest BCUT2D eigenvalue weighted by Crippen LogP contribution is 2.30. The molecule has 0 unspecified atom stereocenters. The van der Waals surface area contributed by atoms with Crippen molar-refractivity contribution in [2.45, 2.75) is 26.8 Å². The molecule has 158 valence electrons. The number of furan rings is 1. The Balaban J connectivity index is 1.57. The molecule has 0 radical (unpaired) electrons. The van der Waals surface area contributed by atoms with Crippen molar-refractivity contribution in [2.75, 3.05) is 32.8 Å². The Kier molecular flexibility index (Phi) is 6.14. The van der Waals surface area contributed by atoms with Gasteiger partial charge in [-0.15, -0.1) is 0 Å². The second kappa shape index (κ2) is 8.80. The van der Waals surface area contributed by atoms with E-state index in [1.54, 1.807) is 0 Å². The predicted octanol–water partition coefficient (Wildman–Crippen LogP) is 4.81. The van der Waals surface area contributed by atoms with E-state index in [9.17, 15) is 4.79 Å². The Morgan fingerprint density at radius 1 is 1.13 bits per heavy atom. The van der Waals surface area contributed by atoms with E-state index in [2.05, 4.69) is 23.2 Å². The lowest BCUT2D eigenvalue weighted by atomic mass is 10.0. The summed E-state index contributed by atoms with van der Waals surface area (Å²) in [4.78, 5) is 15.3. The zero-order chi connectivity index (χ0) is 21.3. The Morgan fingerprint density at radius 3 is 2.57 bits per heavy atom. The van der Waals surface area contributed by atoms with Gasteiger partial charge in [0.1, 0.15) is 5.58 Å². The summed E-state index contributed by atoms with van der Waals surface area (Å²) in [5.74, 6) is 0.166. The monoisotopic (exact) mass is 426 g/mol. The average molecular weight is 427 g/mol. The average Bonchev–Trinajstić information content (AvgIpc) is 3.06. The standard InChI is InChI=1S/C24H27ClN2O3/c1-15-12-19-17(3)23(30-22(19)13-16(15)2)24(28)26-14-21(27-8-10-29-11-9-27)18-6-4-5-7-20(18)25/h4-7,12-13,21H,8-11,14H2,1-3H3,(H,26,28)/t21-/m0/s1. The van der Waals surface area contributed by atoms with Gasteiger partial charge in [-0.1, -0.05) is 29.8 Å². The van der Waals surface area contributed by atoms with Crippen molar-refractivity contribution in [1.82, 2.24) is 10.2 Å². The van der Waals surface area contributed by atoms with Crippen molar-refractivity contribution in [2.24, 2.45) is 0 Å². The van der Waals surface area contributed by atoms with Crippen LogP contribution in [0, 0.1) is 20.8 Å². The number of nitrogens with zero attached hydrogens (tertiary/aromatic N) is 1. The number of aryl methyl sites for hydroxylation is 3. The molecule has 1 atom stereocenters. The van der Waals surface area contributed by atoms with E-state index in [0.717, 1.165) is 40.7 Å². The van der Waals surface area contributed by atoms with Crippen molar-refractivity contribution in [1.29, 1.82) is 0 Å². The van der Waals surface area contributed by atoms with Gasteiger partial charge in [-0.3, -0.25) is 9.69 Å². The molecule has 2 heterocycles. The molecule has 1 saturated heterocycles. The Labute approximate surface area is 181 Å². The van der Waals surface area contributed by atoms with Crippen molar-refractivity contribution in [3.8, 4) is 0 Å². The molecule has 0 aliphatic carbocycles. The molecule has 1 aliphatic heterocycles. The van der Waals surface area contributed by atoms with Crippen LogP contribution >= 0.6 is 11.6 Å². The van der Waals surface area contributed by atoms with E-state index in [0.29, 0.717) is 30.5 Å². The van der Waals surface area contributed by atoms with Gasteiger partial charge in [0.05, 0.1) is 19.3 Å². The topological polar surface area (TPSA) is 54.7 Å². The summed E-state index contributed by atoms with van der Waals surface area (Å²) in [5, 5.41) is 4.77. The molecular formula is C24H27ClN2O3. The molecular weight excluding hydrogens is 400 g/mol. The smallest absolute Gasteiger partial charge is 0.287 e. The Hall–Kier alpha value is -2.34. The number of carbonyl (C=O) groups excluding carboxylic acids is 1. The van der Waals surface area contributed by atoms with Crippen molar-refractivity contribution in [3.63, 3.8) is 0 Å². The van der Waals surface area contributed by atoms with Crippen LogP contribution in [0.3, 0.4) is 0 Å². The second-order valence-electron chi connectivity index (χ2n) is 7.88. The fraction of sp³-hybridized carbons (Fsp3) is 0.375. The molecule has 1 amide bonds. The minimum atomic E-state index is -0.204. The van der Waals surface area contributed by atoms with Gasteiger partial charge in [0.15, 0.2) is 5.76 Å². The second-order valence-corrected chi connectivity index (χ2v) is 8.29. The number of morpholine rings is 1. The minimum absolute atomic E-state index is 0.0271. The lowest BCUT2D eigenvalue weighted by Gasteiger charge is -2.35. The van der Waals surface area contributed by atoms with E-state index >= 15 is 0 Å². The van der Waals surface area contributed by atoms with Gasteiger partial charge in [-0.05, 0) is 55.7 Å². The molecule has 4 rings (SSSR count). The fourth-order valence-electron chi connectivity index (χ4n) is 4.03. The van der Waals surface area contributed by atoms with E-state index in [4.69, 9.17) is 20.8 Å². The van der Waals surface area contributed by atoms with E-state index in [-0.39, 0.29) is 11.9 Å². The number of halogens is 1. The van der Waals surface area contributed by atoms with Crippen molar-refractivity contribution >= 4 is 28.5 Å². The zero-order valence-corrected chi connectivity index (χ0v) is 18.4. The molecule has 6 heteroatoms. The first-order valence-electron chi connectivity index (χ1n) is 10.3. The highest BCUT2D eigenvalue weighted by Gasteiger charge is 2.26. The maximum atomic E-state index is 13.0. The number of benzene rings is 2. The number of carbonyl (C=O) groups is 1. The zero-order valence-electron chi connectivity index (χ0n) is 17.6. The molecule has 0 spiro atoms. The number of amides is 1. The highest BCUT2D eigenvalue weighted by atomic mass is 35.5. The van der Waals surface area contributed by atoms with Crippen molar-refractivity contribution < 1.29 is 13.9 Å². The van der Waals surface area contributed by atoms with Crippen LogP contribution in [-0.2, 0) is 4.74 Å². The van der Waals surface area contributed by atoms with E-state index in [1.165, 1.54) is 5.56 Å². The molecule has 1 fully saturated rings. The van der Waals surface area contributed by atoms with Gasteiger partial charge >= 0.3 is 0 Å². The first kappa shape index (κ1) is 20.9. The fourth-order valence-corrected chi connectivity index (χ4v) is 4.29. The van der Waals surface area contributed by atoms with Crippen LogP contribution in [-0.4, -0.2) is 43.7 Å². The summed E-state index contributed by atoms with van der Waals surface area (Å²) >= 11 is 6.49. The number of hydrogen-bond acceptors (Lipinski definition) is 4. The predicted molar refractivity (Wildman–Crippen MR) is 119 cm³/mol. The lowest BCUT2D eigenvalue weighted by Crippen LogP contribution is -2.44. The third-order valence-electron chi connectivity index (χ3n) is 5.97. The third-order valence-corrected chi connectivity index (χ3v) is 6.31. The normalized spacial score (nSPS) is 16.0. The molecule has 3 aromatic rings. The summed E-state index contributed by atoms with van der Waals surface area (Å²) in [6.07, 6.45) is 0. The Bertz CT molecular complexity index is 1070. The SMILES string of the molecule is Cc1cc2oc(C(=O)NC[C@@H](c3ccccc3Cl)N3CCOCC3)c(C)c2cc1C. The maximum absolute atomic E-state index is 13.0. The molecule has 0 saturated carbocycles. The van der Waals surface area contributed by atoms with Crippen LogP contribution in [0.2, 0.25) is 5.02 Å². The number of rotatable bonds is 5. The van der Waals surface area contributed by atoms with Crippen LogP contribution in [0.5, 0.6) is 0 Å². The number of ether oxygens (including phenoxy) is 1. The summed E-state index contributed by atoms with van der Waals surface area (Å²) in [6.45, 7) is 9.44. The molecule has 0 bridgehead atoms. The number of fused-ring (bicyclic) bond motifs is 1. The maximum Gasteiger partial charge on any atom is 0.287 e. The van der Waals surface area contributed by atoms with E-state index < -0.39 is 0 Å². The largest absolute Gasteiger partial charge is 0.451 e. The Morgan fingerprint density at radius 2 is 1.83 bits per heavy atom. The highest BCUT2D eigenvalue weighted by molar-refractivity contribution is 6.31. The van der Waals surface area contributed by atoms with Crippen LogP contribution in [0.1, 0.15) is 38.9 Å². The molecule has 2 aromatic carbocycles. The van der Waals surface area contributed by atoms with Gasteiger partial charge < -0.3 is 14.5 Å². The first-order valence-corrected chi connectivity index (χ1v) is 10.7. The van der Waals surface area contributed by atoms with Gasteiger partial charge in [0.25, 0.3) is 5.91 Å². The molecule has 5 nitrogen and oxygen atoms in total.